The third-order valence-corrected chi connectivity index (χ3v) is 8.20. The molecule has 4 rings (SSSR count). The minimum absolute atomic E-state index is 0.00452. The Morgan fingerprint density at radius 2 is 0.889 bits per heavy atom. The molecule has 0 bridgehead atoms. The third kappa shape index (κ3) is 6.15. The lowest BCUT2D eigenvalue weighted by Gasteiger charge is -2.33. The first-order chi connectivity index (χ1) is 17.2. The number of Topliss-reactive ketones (excluding diaryl/α,β-unsaturated/α-hetero) is 1. The fourth-order valence-electron chi connectivity index (χ4n) is 6.34. The quantitative estimate of drug-likeness (QED) is 0.256. The van der Waals surface area contributed by atoms with Crippen LogP contribution in [0.25, 0.3) is 0 Å². The lowest BCUT2D eigenvalue weighted by Crippen LogP contribution is -2.24. The molecule has 0 spiro atoms. The van der Waals surface area contributed by atoms with E-state index in [1.807, 2.05) is 0 Å². The zero-order chi connectivity index (χ0) is 25.8. The zero-order valence-electron chi connectivity index (χ0n) is 20.3. The van der Waals surface area contributed by atoms with Gasteiger partial charge in [-0.3, -0.25) is 4.79 Å². The summed E-state index contributed by atoms with van der Waals surface area (Å²) in [6.07, 6.45) is 9.11. The van der Waals surface area contributed by atoms with Crippen LogP contribution < -0.4 is 0 Å². The fraction of sp³-hybridized carbons (Fsp3) is 0.552. The van der Waals surface area contributed by atoms with Crippen LogP contribution in [0.2, 0.25) is 0 Å². The SMILES string of the molecule is O=C(C[C@H](c1cc(F)c(F)c(F)c1)C1CCCCC1)C[C@@H](c1cc(F)c(F)c(F)c1)C1CCCCC1. The Labute approximate surface area is 208 Å². The normalized spacial score (nSPS) is 19.3. The van der Waals surface area contributed by atoms with Crippen LogP contribution in [0.15, 0.2) is 24.3 Å². The Kier molecular flexibility index (Phi) is 8.78. The number of hydrogen-bond acceptors (Lipinski definition) is 1. The predicted octanol–water partition coefficient (Wildman–Crippen LogP) is 8.90. The summed E-state index contributed by atoms with van der Waals surface area (Å²) in [5, 5.41) is 0. The summed E-state index contributed by atoms with van der Waals surface area (Å²) in [5.41, 5.74) is 0.527. The Morgan fingerprint density at radius 3 is 1.19 bits per heavy atom. The van der Waals surface area contributed by atoms with E-state index in [0.29, 0.717) is 0 Å². The average molecular weight is 511 g/mol. The molecule has 0 aliphatic heterocycles. The van der Waals surface area contributed by atoms with Crippen molar-refractivity contribution >= 4 is 5.78 Å². The molecule has 1 nitrogen and oxygen atoms in total. The summed E-state index contributed by atoms with van der Waals surface area (Å²) >= 11 is 0. The van der Waals surface area contributed by atoms with Gasteiger partial charge in [-0.2, -0.15) is 0 Å². The van der Waals surface area contributed by atoms with Gasteiger partial charge in [0.05, 0.1) is 0 Å². The Balaban J connectivity index is 1.61. The topological polar surface area (TPSA) is 17.1 Å². The number of carbonyl (C=O) groups excluding carboxylic acids is 1. The van der Waals surface area contributed by atoms with Gasteiger partial charge < -0.3 is 0 Å². The summed E-state index contributed by atoms with van der Waals surface area (Å²) in [6.45, 7) is 0. The van der Waals surface area contributed by atoms with E-state index in [0.717, 1.165) is 88.5 Å². The number of benzene rings is 2. The van der Waals surface area contributed by atoms with Crippen molar-refractivity contribution in [2.45, 2.75) is 88.9 Å². The molecule has 2 fully saturated rings. The lowest BCUT2D eigenvalue weighted by molar-refractivity contribution is -0.120. The molecule has 0 unspecified atom stereocenters. The third-order valence-electron chi connectivity index (χ3n) is 8.20. The molecule has 2 saturated carbocycles. The summed E-state index contributed by atoms with van der Waals surface area (Å²) in [5.74, 6) is -9.28. The second-order valence-electron chi connectivity index (χ2n) is 10.6. The van der Waals surface area contributed by atoms with Crippen molar-refractivity contribution in [2.24, 2.45) is 11.8 Å². The van der Waals surface area contributed by atoms with Crippen molar-refractivity contribution in [1.82, 2.24) is 0 Å². The maximum Gasteiger partial charge on any atom is 0.194 e. The molecular formula is C29H32F6O. The van der Waals surface area contributed by atoms with Crippen LogP contribution >= 0.6 is 0 Å². The average Bonchev–Trinajstić information content (AvgIpc) is 2.88. The summed E-state index contributed by atoms with van der Waals surface area (Å²) in [6, 6.07) is 3.92. The Morgan fingerprint density at radius 1 is 0.583 bits per heavy atom. The van der Waals surface area contributed by atoms with E-state index in [9.17, 15) is 31.1 Å². The zero-order valence-corrected chi connectivity index (χ0v) is 20.3. The number of rotatable bonds is 8. The molecule has 0 heterocycles. The van der Waals surface area contributed by atoms with Crippen LogP contribution in [0, 0.1) is 46.7 Å². The van der Waals surface area contributed by atoms with E-state index in [-0.39, 0.29) is 41.6 Å². The summed E-state index contributed by atoms with van der Waals surface area (Å²) in [4.78, 5) is 13.4. The number of ketones is 1. The predicted molar refractivity (Wildman–Crippen MR) is 126 cm³/mol. The molecule has 36 heavy (non-hydrogen) atoms. The summed E-state index contributed by atoms with van der Waals surface area (Å²) < 4.78 is 83.6. The molecule has 2 aliphatic rings. The second kappa shape index (κ2) is 11.8. The van der Waals surface area contributed by atoms with Gasteiger partial charge in [0.1, 0.15) is 5.78 Å². The van der Waals surface area contributed by atoms with Gasteiger partial charge in [-0.1, -0.05) is 38.5 Å². The molecule has 2 aromatic rings. The van der Waals surface area contributed by atoms with E-state index >= 15 is 0 Å². The standard InChI is InChI=1S/C29H32F6O/c30-24-11-19(12-25(31)28(24)34)22(17-7-3-1-4-8-17)15-21(36)16-23(18-9-5-2-6-10-18)20-13-26(32)29(35)27(33)14-20/h11-14,17-18,22-23H,1-10,15-16H2/t22-,23+. The van der Waals surface area contributed by atoms with Crippen LogP contribution in [0.5, 0.6) is 0 Å². The molecule has 2 atom stereocenters. The molecule has 2 aromatic carbocycles. The van der Waals surface area contributed by atoms with Gasteiger partial charge in [-0.15, -0.1) is 0 Å². The van der Waals surface area contributed by atoms with Crippen molar-refractivity contribution in [3.05, 3.63) is 70.3 Å². The van der Waals surface area contributed by atoms with Crippen LogP contribution in [-0.2, 0) is 4.79 Å². The molecule has 7 heteroatoms. The number of hydrogen-bond donors (Lipinski definition) is 0. The van der Waals surface area contributed by atoms with Gasteiger partial charge in [-0.05, 0) is 84.7 Å². The van der Waals surface area contributed by atoms with Gasteiger partial charge in [0.15, 0.2) is 34.9 Å². The highest BCUT2D eigenvalue weighted by Gasteiger charge is 2.33. The van der Waals surface area contributed by atoms with Crippen molar-refractivity contribution in [3.63, 3.8) is 0 Å². The van der Waals surface area contributed by atoms with E-state index in [4.69, 9.17) is 0 Å². The highest BCUT2D eigenvalue weighted by molar-refractivity contribution is 5.80. The molecule has 0 radical (unpaired) electrons. The first-order valence-corrected chi connectivity index (χ1v) is 13.0. The summed E-state index contributed by atoms with van der Waals surface area (Å²) in [7, 11) is 0. The molecule has 0 amide bonds. The smallest absolute Gasteiger partial charge is 0.194 e. The van der Waals surface area contributed by atoms with Gasteiger partial charge in [-0.25, -0.2) is 26.3 Å². The molecule has 2 aliphatic carbocycles. The van der Waals surface area contributed by atoms with Gasteiger partial charge in [0.2, 0.25) is 0 Å². The molecular weight excluding hydrogens is 478 g/mol. The minimum atomic E-state index is -1.54. The van der Waals surface area contributed by atoms with E-state index < -0.39 is 46.7 Å². The van der Waals surface area contributed by atoms with Crippen molar-refractivity contribution < 1.29 is 31.1 Å². The van der Waals surface area contributed by atoms with Crippen molar-refractivity contribution in [2.75, 3.05) is 0 Å². The maximum atomic E-state index is 14.1. The largest absolute Gasteiger partial charge is 0.300 e. The molecule has 0 N–H and O–H groups in total. The lowest BCUT2D eigenvalue weighted by atomic mass is 9.71. The molecule has 0 aromatic heterocycles. The molecule has 0 saturated heterocycles. The first-order valence-electron chi connectivity index (χ1n) is 13.0. The van der Waals surface area contributed by atoms with E-state index in [1.165, 1.54) is 0 Å². The Hall–Kier alpha value is -2.31. The van der Waals surface area contributed by atoms with Crippen molar-refractivity contribution in [3.8, 4) is 0 Å². The van der Waals surface area contributed by atoms with Gasteiger partial charge in [0.25, 0.3) is 0 Å². The monoisotopic (exact) mass is 510 g/mol. The van der Waals surface area contributed by atoms with Crippen LogP contribution in [0.1, 0.15) is 100 Å². The number of carbonyl (C=O) groups is 1. The van der Waals surface area contributed by atoms with E-state index in [2.05, 4.69) is 0 Å². The van der Waals surface area contributed by atoms with Crippen molar-refractivity contribution in [1.29, 1.82) is 0 Å². The first kappa shape index (κ1) is 26.7. The van der Waals surface area contributed by atoms with Gasteiger partial charge in [0, 0.05) is 12.8 Å². The van der Waals surface area contributed by atoms with E-state index in [1.54, 1.807) is 0 Å². The van der Waals surface area contributed by atoms with Crippen LogP contribution in [-0.4, -0.2) is 5.78 Å². The van der Waals surface area contributed by atoms with Gasteiger partial charge >= 0.3 is 0 Å². The second-order valence-corrected chi connectivity index (χ2v) is 10.6. The molecule has 196 valence electrons. The highest BCUT2D eigenvalue weighted by Crippen LogP contribution is 2.42. The maximum absolute atomic E-state index is 14.1. The fourth-order valence-corrected chi connectivity index (χ4v) is 6.34. The Bertz CT molecular complexity index is 942. The highest BCUT2D eigenvalue weighted by atomic mass is 19.2. The number of halogens is 6. The van der Waals surface area contributed by atoms with Crippen LogP contribution in [0.3, 0.4) is 0 Å². The van der Waals surface area contributed by atoms with Crippen LogP contribution in [0.4, 0.5) is 26.3 Å². The minimum Gasteiger partial charge on any atom is -0.300 e.